The van der Waals surface area contributed by atoms with Gasteiger partial charge >= 0.3 is 5.97 Å². The lowest BCUT2D eigenvalue weighted by molar-refractivity contribution is -0.152. The van der Waals surface area contributed by atoms with Gasteiger partial charge in [-0.25, -0.2) is 4.39 Å². The molecule has 37 heavy (non-hydrogen) atoms. The third-order valence-corrected chi connectivity index (χ3v) is 8.76. The Morgan fingerprint density at radius 2 is 1.92 bits per heavy atom. The Bertz CT molecular complexity index is 1110. The summed E-state index contributed by atoms with van der Waals surface area (Å²) in [7, 11) is 0. The fourth-order valence-corrected chi connectivity index (χ4v) is 5.87. The normalized spacial score (nSPS) is 21.7. The predicted octanol–water partition coefficient (Wildman–Crippen LogP) is 7.28. The maximum Gasteiger partial charge on any atom is 0.309 e. The molecule has 0 radical (unpaired) electrons. The molecule has 3 fully saturated rings. The van der Waals surface area contributed by atoms with Gasteiger partial charge in [0.1, 0.15) is 6.10 Å². The smallest absolute Gasteiger partial charge is 0.309 e. The first-order valence-corrected chi connectivity index (χ1v) is 13.9. The maximum absolute atomic E-state index is 15.4. The summed E-state index contributed by atoms with van der Waals surface area (Å²) >= 11 is 12.3. The molecule has 5 rings (SSSR count). The molecule has 2 saturated heterocycles. The zero-order chi connectivity index (χ0) is 26.7. The Morgan fingerprint density at radius 3 is 2.46 bits per heavy atom. The Hall–Kier alpha value is -2.02. The van der Waals surface area contributed by atoms with E-state index in [1.165, 1.54) is 12.8 Å². The number of rotatable bonds is 6. The minimum atomic E-state index is -0.635. The van der Waals surface area contributed by atoms with E-state index in [-0.39, 0.29) is 17.3 Å². The Kier molecular flexibility index (Phi) is 8.93. The summed E-state index contributed by atoms with van der Waals surface area (Å²) < 4.78 is 21.4. The van der Waals surface area contributed by atoms with Gasteiger partial charge in [0.2, 0.25) is 0 Å². The van der Waals surface area contributed by atoms with E-state index < -0.39 is 5.97 Å². The number of piperidine rings is 1. The van der Waals surface area contributed by atoms with E-state index in [4.69, 9.17) is 33.0 Å². The summed E-state index contributed by atoms with van der Waals surface area (Å²) in [6.07, 6.45) is 4.94. The van der Waals surface area contributed by atoms with Crippen LogP contribution in [0.1, 0.15) is 63.2 Å². The molecule has 1 aliphatic carbocycles. The summed E-state index contributed by atoms with van der Waals surface area (Å²) in [5, 5.41) is 13.1. The SMILES string of the molecule is CC1(C(=O)O)CCC1.Cc1ccc(N2CC(C3CCCNC3)C2)c(F)c1OC(C)c1ccc(Cl)cc1Cl. The number of hydrogen-bond donors (Lipinski definition) is 2. The molecule has 2 atom stereocenters. The third-order valence-electron chi connectivity index (χ3n) is 8.19. The number of anilines is 1. The fourth-order valence-electron chi connectivity index (χ4n) is 5.31. The second kappa shape index (κ2) is 11.8. The number of aliphatic carboxylic acids is 1. The van der Waals surface area contributed by atoms with Crippen molar-refractivity contribution in [3.8, 4) is 5.75 Å². The number of aryl methyl sites for hydroxylation is 1. The number of carboxylic acids is 1. The molecule has 2 heterocycles. The molecule has 0 bridgehead atoms. The number of benzene rings is 2. The third kappa shape index (κ3) is 6.35. The van der Waals surface area contributed by atoms with Crippen LogP contribution in [0.3, 0.4) is 0 Å². The quantitative estimate of drug-likeness (QED) is 0.395. The van der Waals surface area contributed by atoms with Crippen molar-refractivity contribution in [2.45, 2.75) is 59.0 Å². The van der Waals surface area contributed by atoms with Crippen molar-refractivity contribution in [2.75, 3.05) is 31.1 Å². The summed E-state index contributed by atoms with van der Waals surface area (Å²) in [5.41, 5.74) is 1.82. The van der Waals surface area contributed by atoms with Crippen LogP contribution < -0.4 is 15.0 Å². The molecule has 2 N–H and O–H groups in total. The molecule has 0 spiro atoms. The summed E-state index contributed by atoms with van der Waals surface area (Å²) in [5.74, 6) is 0.714. The Labute approximate surface area is 229 Å². The average molecular weight is 552 g/mol. The van der Waals surface area contributed by atoms with E-state index in [0.29, 0.717) is 33.3 Å². The van der Waals surface area contributed by atoms with Crippen molar-refractivity contribution in [3.05, 3.63) is 57.3 Å². The van der Waals surface area contributed by atoms with Crippen LogP contribution in [0.15, 0.2) is 30.3 Å². The zero-order valence-electron chi connectivity index (χ0n) is 21.8. The van der Waals surface area contributed by atoms with Crippen LogP contribution in [0.2, 0.25) is 10.0 Å². The second-order valence-corrected chi connectivity index (χ2v) is 11.8. The lowest BCUT2D eigenvalue weighted by atomic mass is 9.71. The van der Waals surface area contributed by atoms with Crippen LogP contribution in [0, 0.1) is 30.0 Å². The monoisotopic (exact) mass is 550 g/mol. The fraction of sp³-hybridized carbons (Fsp3) is 0.552. The molecule has 2 aliphatic heterocycles. The Morgan fingerprint density at radius 1 is 1.19 bits per heavy atom. The average Bonchev–Trinajstić information content (AvgIpc) is 2.81. The van der Waals surface area contributed by atoms with Gasteiger partial charge in [0.15, 0.2) is 11.6 Å². The minimum Gasteiger partial charge on any atom is -0.483 e. The minimum absolute atomic E-state index is 0.290. The van der Waals surface area contributed by atoms with Crippen molar-refractivity contribution in [1.82, 2.24) is 5.32 Å². The van der Waals surface area contributed by atoms with Crippen molar-refractivity contribution in [1.29, 1.82) is 0 Å². The highest BCUT2D eigenvalue weighted by atomic mass is 35.5. The zero-order valence-corrected chi connectivity index (χ0v) is 23.3. The molecule has 8 heteroatoms. The molecular weight excluding hydrogens is 514 g/mol. The number of nitrogens with one attached hydrogen (secondary N) is 1. The lowest BCUT2D eigenvalue weighted by Crippen LogP contribution is -2.53. The molecule has 202 valence electrons. The van der Waals surface area contributed by atoms with Crippen LogP contribution in [-0.2, 0) is 4.79 Å². The standard InChI is InChI=1S/C23H27Cl2FN2O.C6H10O2/c1-14-5-8-21(28-12-17(13-28)16-4-3-9-27-11-16)22(26)23(14)29-15(2)19-7-6-18(24)10-20(19)25;1-6(5(7)8)3-2-4-6/h5-8,10,15-17,27H,3-4,9,11-13H2,1-2H3;2-4H2,1H3,(H,7,8). The van der Waals surface area contributed by atoms with Gasteiger partial charge in [0.05, 0.1) is 11.1 Å². The first-order chi connectivity index (χ1) is 17.6. The van der Waals surface area contributed by atoms with Crippen molar-refractivity contribution < 1.29 is 19.0 Å². The van der Waals surface area contributed by atoms with E-state index in [0.717, 1.165) is 56.6 Å². The number of nitrogens with zero attached hydrogens (tertiary/aromatic N) is 1. The maximum atomic E-state index is 15.4. The summed E-state index contributed by atoms with van der Waals surface area (Å²) in [6.45, 7) is 9.56. The van der Waals surface area contributed by atoms with E-state index in [2.05, 4.69) is 10.2 Å². The highest BCUT2D eigenvalue weighted by Gasteiger charge is 2.39. The van der Waals surface area contributed by atoms with Gasteiger partial charge in [-0.2, -0.15) is 0 Å². The molecule has 5 nitrogen and oxygen atoms in total. The van der Waals surface area contributed by atoms with Crippen LogP contribution in [0.25, 0.3) is 0 Å². The van der Waals surface area contributed by atoms with Gasteiger partial charge in [0.25, 0.3) is 0 Å². The van der Waals surface area contributed by atoms with Gasteiger partial charge in [-0.15, -0.1) is 0 Å². The molecule has 0 aromatic heterocycles. The van der Waals surface area contributed by atoms with E-state index in [1.54, 1.807) is 19.1 Å². The molecule has 2 unspecified atom stereocenters. The van der Waals surface area contributed by atoms with Crippen LogP contribution in [0.4, 0.5) is 10.1 Å². The van der Waals surface area contributed by atoms with Gasteiger partial charge in [-0.1, -0.05) is 41.8 Å². The van der Waals surface area contributed by atoms with Crippen LogP contribution in [0.5, 0.6) is 5.75 Å². The lowest BCUT2D eigenvalue weighted by Gasteiger charge is -2.46. The molecule has 2 aromatic rings. The predicted molar refractivity (Wildman–Crippen MR) is 148 cm³/mol. The van der Waals surface area contributed by atoms with Crippen molar-refractivity contribution >= 4 is 34.9 Å². The molecular formula is C29H37Cl2FN2O3. The number of carbonyl (C=O) groups is 1. The summed E-state index contributed by atoms with van der Waals surface area (Å²) in [4.78, 5) is 12.4. The summed E-state index contributed by atoms with van der Waals surface area (Å²) in [6, 6.07) is 9.07. The number of carboxylic acid groups (broad SMARTS) is 1. The van der Waals surface area contributed by atoms with Crippen LogP contribution >= 0.6 is 23.2 Å². The molecule has 1 saturated carbocycles. The van der Waals surface area contributed by atoms with Gasteiger partial charge in [0, 0.05) is 28.7 Å². The Balaban J connectivity index is 0.000000342. The van der Waals surface area contributed by atoms with Crippen molar-refractivity contribution in [2.24, 2.45) is 17.3 Å². The van der Waals surface area contributed by atoms with E-state index in [1.807, 2.05) is 32.0 Å². The highest BCUT2D eigenvalue weighted by Crippen LogP contribution is 2.41. The van der Waals surface area contributed by atoms with E-state index >= 15 is 4.39 Å². The second-order valence-electron chi connectivity index (χ2n) is 11.0. The largest absolute Gasteiger partial charge is 0.483 e. The molecule has 3 aliphatic rings. The van der Waals surface area contributed by atoms with Gasteiger partial charge < -0.3 is 20.1 Å². The molecule has 2 aromatic carbocycles. The number of hydrogen-bond acceptors (Lipinski definition) is 4. The van der Waals surface area contributed by atoms with Crippen LogP contribution in [-0.4, -0.2) is 37.3 Å². The highest BCUT2D eigenvalue weighted by molar-refractivity contribution is 6.35. The first kappa shape index (κ1) is 28.0. The molecule has 0 amide bonds. The topological polar surface area (TPSA) is 61.8 Å². The number of ether oxygens (including phenoxy) is 1. The van der Waals surface area contributed by atoms with Gasteiger partial charge in [-0.05, 0) is 95.1 Å². The van der Waals surface area contributed by atoms with Gasteiger partial charge in [-0.3, -0.25) is 4.79 Å². The van der Waals surface area contributed by atoms with Crippen molar-refractivity contribution in [3.63, 3.8) is 0 Å². The first-order valence-electron chi connectivity index (χ1n) is 13.2. The number of halogens is 3. The van der Waals surface area contributed by atoms with E-state index in [9.17, 15) is 4.79 Å².